The lowest BCUT2D eigenvalue weighted by molar-refractivity contribution is 0.0712. The molecule has 1 aliphatic rings. The van der Waals surface area contributed by atoms with E-state index in [1.807, 2.05) is 31.2 Å². The predicted octanol–water partition coefficient (Wildman–Crippen LogP) is 2.59. The second kappa shape index (κ2) is 5.82. The third kappa shape index (κ3) is 3.19. The van der Waals surface area contributed by atoms with E-state index < -0.39 is 0 Å². The SMILES string of the molecule is CC(NC(=O)c1ccccc1I)C1CCCO1. The largest absolute Gasteiger partial charge is 0.376 e. The molecular formula is C13H16INO2. The first-order valence-electron chi connectivity index (χ1n) is 5.85. The van der Waals surface area contributed by atoms with Gasteiger partial charge in [-0.15, -0.1) is 0 Å². The van der Waals surface area contributed by atoms with Gasteiger partial charge in [0.1, 0.15) is 0 Å². The first-order valence-corrected chi connectivity index (χ1v) is 6.93. The Morgan fingerprint density at radius 1 is 1.53 bits per heavy atom. The molecule has 1 N–H and O–H groups in total. The van der Waals surface area contributed by atoms with Crippen LogP contribution in [0, 0.1) is 3.57 Å². The van der Waals surface area contributed by atoms with Crippen molar-refractivity contribution >= 4 is 28.5 Å². The van der Waals surface area contributed by atoms with Gasteiger partial charge in [-0.3, -0.25) is 4.79 Å². The van der Waals surface area contributed by atoms with Gasteiger partial charge in [0.2, 0.25) is 0 Å². The van der Waals surface area contributed by atoms with E-state index in [-0.39, 0.29) is 18.1 Å². The molecule has 1 fully saturated rings. The molecule has 0 spiro atoms. The molecule has 0 aliphatic carbocycles. The maximum atomic E-state index is 12.1. The molecule has 1 aromatic rings. The Bertz CT molecular complexity index is 402. The van der Waals surface area contributed by atoms with Gasteiger partial charge in [-0.05, 0) is 54.5 Å². The van der Waals surface area contributed by atoms with E-state index in [9.17, 15) is 4.79 Å². The summed E-state index contributed by atoms with van der Waals surface area (Å²) in [5, 5.41) is 3.01. The average Bonchev–Trinajstić information content (AvgIpc) is 2.82. The Morgan fingerprint density at radius 2 is 2.29 bits per heavy atom. The summed E-state index contributed by atoms with van der Waals surface area (Å²) in [5.41, 5.74) is 0.734. The van der Waals surface area contributed by atoms with Gasteiger partial charge in [-0.2, -0.15) is 0 Å². The van der Waals surface area contributed by atoms with Crippen molar-refractivity contribution in [2.75, 3.05) is 6.61 Å². The topological polar surface area (TPSA) is 38.3 Å². The van der Waals surface area contributed by atoms with Crippen LogP contribution in [0.4, 0.5) is 0 Å². The van der Waals surface area contributed by atoms with E-state index >= 15 is 0 Å². The zero-order valence-corrected chi connectivity index (χ0v) is 11.9. The van der Waals surface area contributed by atoms with Crippen molar-refractivity contribution in [2.45, 2.75) is 31.9 Å². The molecule has 17 heavy (non-hydrogen) atoms. The minimum Gasteiger partial charge on any atom is -0.376 e. The number of carbonyl (C=O) groups is 1. The van der Waals surface area contributed by atoms with Crippen LogP contribution in [0.2, 0.25) is 0 Å². The number of rotatable bonds is 3. The number of hydrogen-bond acceptors (Lipinski definition) is 2. The molecule has 0 aromatic heterocycles. The van der Waals surface area contributed by atoms with Crippen LogP contribution in [0.5, 0.6) is 0 Å². The summed E-state index contributed by atoms with van der Waals surface area (Å²) >= 11 is 2.18. The summed E-state index contributed by atoms with van der Waals surface area (Å²) in [5.74, 6) is -0.0157. The molecule has 2 atom stereocenters. The quantitative estimate of drug-likeness (QED) is 0.856. The molecule has 0 bridgehead atoms. The normalized spacial score (nSPS) is 21.2. The summed E-state index contributed by atoms with van der Waals surface area (Å²) in [7, 11) is 0. The summed E-state index contributed by atoms with van der Waals surface area (Å²) < 4.78 is 6.54. The zero-order chi connectivity index (χ0) is 12.3. The van der Waals surface area contributed by atoms with Crippen LogP contribution in [0.3, 0.4) is 0 Å². The highest BCUT2D eigenvalue weighted by atomic mass is 127. The van der Waals surface area contributed by atoms with Crippen LogP contribution >= 0.6 is 22.6 Å². The van der Waals surface area contributed by atoms with Crippen LogP contribution in [-0.4, -0.2) is 24.7 Å². The lowest BCUT2D eigenvalue weighted by Crippen LogP contribution is -2.41. The molecule has 2 rings (SSSR count). The van der Waals surface area contributed by atoms with Gasteiger partial charge in [0.25, 0.3) is 5.91 Å². The van der Waals surface area contributed by atoms with Crippen LogP contribution in [0.15, 0.2) is 24.3 Å². The molecule has 1 aromatic carbocycles. The number of nitrogens with one attached hydrogen (secondary N) is 1. The number of amides is 1. The molecule has 2 unspecified atom stereocenters. The first kappa shape index (κ1) is 12.8. The van der Waals surface area contributed by atoms with Gasteiger partial charge in [0, 0.05) is 10.2 Å². The first-order chi connectivity index (χ1) is 8.18. The summed E-state index contributed by atoms with van der Waals surface area (Å²) in [6.07, 6.45) is 2.29. The number of benzene rings is 1. The van der Waals surface area contributed by atoms with Crippen LogP contribution < -0.4 is 5.32 Å². The fourth-order valence-electron chi connectivity index (χ4n) is 2.02. The molecule has 1 amide bonds. The van der Waals surface area contributed by atoms with Crippen LogP contribution in [0.1, 0.15) is 30.1 Å². The Labute approximate surface area is 115 Å². The highest BCUT2D eigenvalue weighted by molar-refractivity contribution is 14.1. The summed E-state index contributed by atoms with van der Waals surface area (Å²) in [4.78, 5) is 12.1. The van der Waals surface area contributed by atoms with E-state index in [1.165, 1.54) is 0 Å². The maximum absolute atomic E-state index is 12.1. The molecule has 3 nitrogen and oxygen atoms in total. The van der Waals surface area contributed by atoms with Crippen LogP contribution in [0.25, 0.3) is 0 Å². The Balaban J connectivity index is 1.99. The lowest BCUT2D eigenvalue weighted by Gasteiger charge is -2.20. The molecule has 92 valence electrons. The number of carbonyl (C=O) groups excluding carboxylic acids is 1. The second-order valence-electron chi connectivity index (χ2n) is 4.29. The highest BCUT2D eigenvalue weighted by Gasteiger charge is 2.24. The Hall–Kier alpha value is -0.620. The maximum Gasteiger partial charge on any atom is 0.252 e. The van der Waals surface area contributed by atoms with Gasteiger partial charge < -0.3 is 10.1 Å². The van der Waals surface area contributed by atoms with Crippen molar-refractivity contribution in [2.24, 2.45) is 0 Å². The minimum atomic E-state index is -0.0157. The average molecular weight is 345 g/mol. The smallest absolute Gasteiger partial charge is 0.252 e. The molecule has 1 heterocycles. The van der Waals surface area contributed by atoms with Gasteiger partial charge in [0.15, 0.2) is 0 Å². The van der Waals surface area contributed by atoms with Gasteiger partial charge in [0.05, 0.1) is 17.7 Å². The summed E-state index contributed by atoms with van der Waals surface area (Å²) in [6.45, 7) is 2.82. The van der Waals surface area contributed by atoms with Crippen LogP contribution in [-0.2, 0) is 4.74 Å². The standard InChI is InChI=1S/C13H16INO2/c1-9(12-7-4-8-17-12)15-13(16)10-5-2-3-6-11(10)14/h2-3,5-6,9,12H,4,7-8H2,1H3,(H,15,16). The fraction of sp³-hybridized carbons (Fsp3) is 0.462. The van der Waals surface area contributed by atoms with E-state index in [0.29, 0.717) is 0 Å². The summed E-state index contributed by atoms with van der Waals surface area (Å²) in [6, 6.07) is 7.67. The minimum absolute atomic E-state index is 0.0157. The second-order valence-corrected chi connectivity index (χ2v) is 5.46. The van der Waals surface area contributed by atoms with E-state index in [2.05, 4.69) is 27.9 Å². The lowest BCUT2D eigenvalue weighted by atomic mass is 10.1. The Morgan fingerprint density at radius 3 is 2.94 bits per heavy atom. The van der Waals surface area contributed by atoms with Gasteiger partial charge in [-0.25, -0.2) is 0 Å². The number of ether oxygens (including phenoxy) is 1. The molecule has 0 radical (unpaired) electrons. The fourth-order valence-corrected chi connectivity index (χ4v) is 2.65. The van der Waals surface area contributed by atoms with E-state index in [0.717, 1.165) is 28.6 Å². The molecule has 0 saturated carbocycles. The van der Waals surface area contributed by atoms with Crippen molar-refractivity contribution in [3.63, 3.8) is 0 Å². The van der Waals surface area contributed by atoms with Gasteiger partial charge in [-0.1, -0.05) is 12.1 Å². The van der Waals surface area contributed by atoms with Crippen molar-refractivity contribution in [3.8, 4) is 0 Å². The third-order valence-corrected chi connectivity index (χ3v) is 3.94. The Kier molecular flexibility index (Phi) is 4.39. The zero-order valence-electron chi connectivity index (χ0n) is 9.78. The number of hydrogen-bond donors (Lipinski definition) is 1. The predicted molar refractivity (Wildman–Crippen MR) is 75.1 cm³/mol. The van der Waals surface area contributed by atoms with E-state index in [4.69, 9.17) is 4.74 Å². The highest BCUT2D eigenvalue weighted by Crippen LogP contribution is 2.17. The molecule has 1 saturated heterocycles. The van der Waals surface area contributed by atoms with Crippen molar-refractivity contribution < 1.29 is 9.53 Å². The molecular weight excluding hydrogens is 329 g/mol. The molecule has 4 heteroatoms. The van der Waals surface area contributed by atoms with E-state index in [1.54, 1.807) is 0 Å². The van der Waals surface area contributed by atoms with Gasteiger partial charge >= 0.3 is 0 Å². The van der Waals surface area contributed by atoms with Crippen molar-refractivity contribution in [1.82, 2.24) is 5.32 Å². The van der Waals surface area contributed by atoms with Crippen molar-refractivity contribution in [3.05, 3.63) is 33.4 Å². The third-order valence-electron chi connectivity index (χ3n) is 3.00. The molecule has 1 aliphatic heterocycles. The van der Waals surface area contributed by atoms with Crippen molar-refractivity contribution in [1.29, 1.82) is 0 Å². The number of halogens is 1. The monoisotopic (exact) mass is 345 g/mol.